The van der Waals surface area contributed by atoms with Crippen LogP contribution in [0.4, 0.5) is 32.0 Å². The molecule has 0 amide bonds. The predicted molar refractivity (Wildman–Crippen MR) is 133 cm³/mol. The van der Waals surface area contributed by atoms with Crippen molar-refractivity contribution in [1.29, 1.82) is 0 Å². The summed E-state index contributed by atoms with van der Waals surface area (Å²) in [6.07, 6.45) is -12.0. The molecule has 12 heteroatoms. The van der Waals surface area contributed by atoms with Crippen LogP contribution in [-0.4, -0.2) is 45.3 Å². The summed E-state index contributed by atoms with van der Waals surface area (Å²) in [6, 6.07) is 15.7. The van der Waals surface area contributed by atoms with Crippen molar-refractivity contribution in [3.05, 3.63) is 99.6 Å². The summed E-state index contributed by atoms with van der Waals surface area (Å²) in [5.41, 5.74) is -5.65. The van der Waals surface area contributed by atoms with Gasteiger partial charge < -0.3 is 15.5 Å². The largest absolute Gasteiger partial charge is 0.430 e. The molecule has 39 heavy (non-hydrogen) atoms. The zero-order valence-corrected chi connectivity index (χ0v) is 20.4. The maximum Gasteiger partial charge on any atom is 0.430 e. The summed E-state index contributed by atoms with van der Waals surface area (Å²) < 4.78 is 81.9. The topological polar surface area (TPSA) is 87.4 Å². The Morgan fingerprint density at radius 3 is 2.18 bits per heavy atom. The van der Waals surface area contributed by atoms with E-state index in [-0.39, 0.29) is 42.0 Å². The maximum absolute atomic E-state index is 13.8. The van der Waals surface area contributed by atoms with E-state index >= 15 is 0 Å². The monoisotopic (exact) mass is 551 g/mol. The normalized spacial score (nSPS) is 12.6. The molecule has 1 aromatic heterocycles. The molecule has 0 aliphatic heterocycles. The number of hydrogen-bond donors (Lipinski definition) is 3. The molecule has 0 radical (unpaired) electrons. The molecule has 3 N–H and O–H groups in total. The third kappa shape index (κ3) is 5.21. The number of benzene rings is 3. The molecule has 0 saturated heterocycles. The van der Waals surface area contributed by atoms with Crippen LogP contribution in [0.2, 0.25) is 0 Å². The van der Waals surface area contributed by atoms with Crippen LogP contribution in [0.3, 0.4) is 0 Å². The van der Waals surface area contributed by atoms with Crippen LogP contribution in [0.25, 0.3) is 16.6 Å². The Hall–Kier alpha value is -3.90. The number of nitrogens with zero attached hydrogens (tertiary/aromatic N) is 2. The van der Waals surface area contributed by atoms with Crippen molar-refractivity contribution in [1.82, 2.24) is 9.55 Å². The highest BCUT2D eigenvalue weighted by Gasteiger charge is 2.71. The number of aliphatic hydroxyl groups is 2. The lowest BCUT2D eigenvalue weighted by molar-refractivity contribution is -0.376. The number of hydrogen-bond acceptors (Lipinski definition) is 5. The fourth-order valence-corrected chi connectivity index (χ4v) is 4.31. The van der Waals surface area contributed by atoms with E-state index in [2.05, 4.69) is 10.3 Å². The van der Waals surface area contributed by atoms with Gasteiger partial charge in [0.05, 0.1) is 23.2 Å². The van der Waals surface area contributed by atoms with Gasteiger partial charge in [-0.25, -0.2) is 4.98 Å². The maximum atomic E-state index is 13.8. The van der Waals surface area contributed by atoms with Gasteiger partial charge in [0, 0.05) is 24.2 Å². The fourth-order valence-electron chi connectivity index (χ4n) is 4.31. The minimum absolute atomic E-state index is 0.00417. The average molecular weight is 551 g/mol. The van der Waals surface area contributed by atoms with E-state index in [1.165, 1.54) is 13.0 Å². The van der Waals surface area contributed by atoms with E-state index in [1.807, 2.05) is 0 Å². The van der Waals surface area contributed by atoms with Gasteiger partial charge in [0.25, 0.3) is 11.2 Å². The molecule has 0 unspecified atom stereocenters. The van der Waals surface area contributed by atoms with Crippen LogP contribution in [0.15, 0.2) is 71.5 Å². The minimum Gasteiger partial charge on any atom is -0.395 e. The van der Waals surface area contributed by atoms with E-state index < -0.39 is 29.1 Å². The summed E-state index contributed by atoms with van der Waals surface area (Å²) in [7, 11) is 0. The van der Waals surface area contributed by atoms with Gasteiger partial charge in [0.1, 0.15) is 5.82 Å². The van der Waals surface area contributed by atoms with E-state index in [1.54, 1.807) is 42.5 Å². The molecular formula is C27H23F6N3O3. The molecule has 1 heterocycles. The zero-order valence-electron chi connectivity index (χ0n) is 20.4. The van der Waals surface area contributed by atoms with E-state index in [0.717, 1.165) is 16.2 Å². The van der Waals surface area contributed by atoms with Crippen molar-refractivity contribution >= 4 is 16.6 Å². The highest BCUT2D eigenvalue weighted by Crippen LogP contribution is 2.50. The Labute approximate surface area is 218 Å². The van der Waals surface area contributed by atoms with Crippen molar-refractivity contribution < 1.29 is 36.6 Å². The Bertz CT molecular complexity index is 1540. The van der Waals surface area contributed by atoms with E-state index in [0.29, 0.717) is 23.3 Å². The molecule has 206 valence electrons. The second-order valence-corrected chi connectivity index (χ2v) is 8.92. The highest BCUT2D eigenvalue weighted by molar-refractivity contribution is 5.82. The predicted octanol–water partition coefficient (Wildman–Crippen LogP) is 5.00. The molecule has 0 fully saturated rings. The van der Waals surface area contributed by atoms with Gasteiger partial charge in [0.2, 0.25) is 0 Å². The summed E-state index contributed by atoms with van der Waals surface area (Å²) in [5, 5.41) is 22.0. The van der Waals surface area contributed by atoms with Gasteiger partial charge in [-0.15, -0.1) is 0 Å². The van der Waals surface area contributed by atoms with Gasteiger partial charge >= 0.3 is 12.4 Å². The first-order valence-corrected chi connectivity index (χ1v) is 11.7. The van der Waals surface area contributed by atoms with Crippen LogP contribution >= 0.6 is 0 Å². The van der Waals surface area contributed by atoms with Crippen molar-refractivity contribution in [2.24, 2.45) is 0 Å². The quantitative estimate of drug-likeness (QED) is 0.282. The van der Waals surface area contributed by atoms with E-state index in [9.17, 15) is 36.2 Å². The van der Waals surface area contributed by atoms with Gasteiger partial charge in [-0.2, -0.15) is 26.3 Å². The number of alkyl halides is 6. The molecule has 0 saturated carbocycles. The number of aryl methyl sites for hydroxylation is 1. The number of anilines is 1. The van der Waals surface area contributed by atoms with Gasteiger partial charge in [-0.1, -0.05) is 42.5 Å². The van der Waals surface area contributed by atoms with Crippen LogP contribution < -0.4 is 10.9 Å². The van der Waals surface area contributed by atoms with Crippen molar-refractivity contribution in [2.75, 3.05) is 18.5 Å². The Morgan fingerprint density at radius 1 is 0.923 bits per heavy atom. The van der Waals surface area contributed by atoms with Gasteiger partial charge in [-0.05, 0) is 42.3 Å². The zero-order chi connectivity index (χ0) is 28.6. The number of rotatable bonds is 7. The van der Waals surface area contributed by atoms with Crippen molar-refractivity contribution in [3.8, 4) is 5.69 Å². The molecule has 6 nitrogen and oxygen atoms in total. The molecule has 4 aromatic rings. The van der Waals surface area contributed by atoms with E-state index in [4.69, 9.17) is 5.11 Å². The number of fused-ring (bicyclic) bond motifs is 1. The third-order valence-electron chi connectivity index (χ3n) is 6.26. The molecule has 0 aliphatic rings. The third-order valence-corrected chi connectivity index (χ3v) is 6.26. The first-order valence-electron chi connectivity index (χ1n) is 11.7. The van der Waals surface area contributed by atoms with Crippen LogP contribution in [-0.2, 0) is 12.0 Å². The first-order chi connectivity index (χ1) is 18.3. The molecule has 0 spiro atoms. The Kier molecular flexibility index (Phi) is 7.46. The van der Waals surface area contributed by atoms with Crippen molar-refractivity contribution in [2.45, 2.75) is 31.3 Å². The number of halogens is 6. The summed E-state index contributed by atoms with van der Waals surface area (Å²) in [4.78, 5) is 18.4. The number of aliphatic hydroxyl groups excluding tert-OH is 1. The van der Waals surface area contributed by atoms with Gasteiger partial charge in [-0.3, -0.25) is 9.36 Å². The second-order valence-electron chi connectivity index (χ2n) is 8.92. The standard InChI is InChI=1S/C27H23F6N3O3/c1-16-13-18(25(39,26(28,29)30)27(31,32)33)7-10-22(16)36-23(14-17-5-3-2-4-6-17)35-21-9-8-19(34-11-12-37)15-20(21)24(36)38/h2-10,13,15,34,37,39H,11-12,14H2,1H3. The smallest absolute Gasteiger partial charge is 0.395 e. The molecule has 0 atom stereocenters. The lowest BCUT2D eigenvalue weighted by Gasteiger charge is -2.33. The lowest BCUT2D eigenvalue weighted by atomic mass is 9.90. The van der Waals surface area contributed by atoms with Crippen LogP contribution in [0, 0.1) is 6.92 Å². The summed E-state index contributed by atoms with van der Waals surface area (Å²) >= 11 is 0. The SMILES string of the molecule is Cc1cc(C(O)(C(F)(F)F)C(F)(F)F)ccc1-n1c(Cc2ccccc2)nc2ccc(NCCO)cc2c1=O. The average Bonchev–Trinajstić information content (AvgIpc) is 2.87. The lowest BCUT2D eigenvalue weighted by Crippen LogP contribution is -2.54. The molecule has 3 aromatic carbocycles. The Morgan fingerprint density at radius 2 is 1.59 bits per heavy atom. The minimum atomic E-state index is -6.04. The number of aromatic nitrogens is 2. The van der Waals surface area contributed by atoms with Gasteiger partial charge in [0.15, 0.2) is 0 Å². The Balaban J connectivity index is 1.95. The first kappa shape index (κ1) is 28.1. The fraction of sp³-hybridized carbons (Fsp3) is 0.259. The molecular weight excluding hydrogens is 528 g/mol. The molecule has 0 bridgehead atoms. The number of nitrogens with one attached hydrogen (secondary N) is 1. The van der Waals surface area contributed by atoms with Crippen LogP contribution in [0.1, 0.15) is 22.5 Å². The second kappa shape index (κ2) is 10.3. The van der Waals surface area contributed by atoms with Crippen molar-refractivity contribution in [3.63, 3.8) is 0 Å². The summed E-state index contributed by atoms with van der Waals surface area (Å²) in [5.74, 6) is 0.201. The van der Waals surface area contributed by atoms with Crippen LogP contribution in [0.5, 0.6) is 0 Å². The summed E-state index contributed by atoms with van der Waals surface area (Å²) in [6.45, 7) is 1.29. The highest BCUT2D eigenvalue weighted by atomic mass is 19.4. The molecule has 0 aliphatic carbocycles. The molecule has 4 rings (SSSR count).